The number of nitrogens with one attached hydrogen (secondary N) is 4. The van der Waals surface area contributed by atoms with Gasteiger partial charge in [-0.2, -0.15) is 0 Å². The summed E-state index contributed by atoms with van der Waals surface area (Å²) in [6, 6.07) is 79.0. The molecule has 0 aliphatic carbocycles. The van der Waals surface area contributed by atoms with Crippen LogP contribution in [0.3, 0.4) is 0 Å². The molecule has 0 atom stereocenters. The molecule has 2 aliphatic heterocycles. The first-order valence-corrected chi connectivity index (χ1v) is 40.7. The van der Waals surface area contributed by atoms with E-state index >= 15 is 0 Å². The summed E-state index contributed by atoms with van der Waals surface area (Å²) in [4.78, 5) is 57.5. The van der Waals surface area contributed by atoms with Crippen LogP contribution in [0.25, 0.3) is 152 Å². The molecule has 10 aromatic heterocycles. The molecule has 20 aromatic rings. The quantitative estimate of drug-likeness (QED) is 0.0267. The van der Waals surface area contributed by atoms with Crippen LogP contribution >= 0.6 is 81.6 Å². The Bertz CT molecular complexity index is 7250. The van der Waals surface area contributed by atoms with Gasteiger partial charge >= 0.3 is 16.8 Å². The number of para-hydroxylation sites is 5. The Labute approximate surface area is 680 Å². The maximum absolute atomic E-state index is 11.4. The highest BCUT2D eigenvalue weighted by atomic mass is 35.5. The summed E-state index contributed by atoms with van der Waals surface area (Å²) in [5, 5.41) is 32.2. The zero-order valence-corrected chi connectivity index (χ0v) is 66.3. The van der Waals surface area contributed by atoms with E-state index in [0.29, 0.717) is 32.0 Å². The average molecular weight is 1620 g/mol. The highest BCUT2D eigenvalue weighted by molar-refractivity contribution is 8.33. The molecule has 2 aliphatic rings. The molecule has 17 nitrogen and oxygen atoms in total. The van der Waals surface area contributed by atoms with Gasteiger partial charge in [-0.05, 0) is 160 Å². The average Bonchev–Trinajstić information content (AvgIpc) is 1.54. The number of hydrogen-bond acceptors (Lipinski definition) is 13. The van der Waals surface area contributed by atoms with Crippen LogP contribution in [0.1, 0.15) is 22.3 Å². The Hall–Kier alpha value is -12.6. The number of nitrogens with zero attached hydrogens (tertiary/aromatic N) is 5. The number of thioether (sulfide) groups is 4. The van der Waals surface area contributed by atoms with E-state index in [1.807, 2.05) is 187 Å². The van der Waals surface area contributed by atoms with Crippen LogP contribution in [0.15, 0.2) is 316 Å². The summed E-state index contributed by atoms with van der Waals surface area (Å²) in [7, 11) is 0. The molecule has 0 fully saturated rings. The molecule has 0 bridgehead atoms. The standard InChI is InChI=1S/C19H13O.C17H14N2.C16H15N5.C14H7Cl2N3.C9H5N3OS.C9H6O2.C6H4S4/c1-2-8-14(9-3-1)19-15-10-4-6-12-17(15)20-18-13-7-5-11-16(18)19;1-10-14-9-18-8-7-12(14)11(2)17-16(10)13-5-3-4-6-15(13)19-17;17-15(18)10-3-1-9(2-4-10)13-7-11-5-6-12(16(19)20)8-14(11)21-13;15-8-5-11-12(6-9(8)16)19-14-13(17-11)7-3-1-2-4-10(7)18-14;13-8-7-6(11-4-12-8)5-2-1-3-10-9(5)14-7;10-9-6-5-7-3-1-2-4-8(7)11-9;1-2-8-5(7-1)6-9-3-4-10-6/h1-13H;3-9,19H,1-2H3;1-8,21H,(H3,17,18)(H3,19,20);1-6H,(H,18,19);1-4H,(H,11,12,13);1-6H;1-4H/q+1;;;;;;/p+2. The minimum atomic E-state index is -0.302. The van der Waals surface area contributed by atoms with E-state index in [9.17, 15) is 9.59 Å². The van der Waals surface area contributed by atoms with E-state index in [1.54, 1.807) is 30.5 Å². The van der Waals surface area contributed by atoms with Gasteiger partial charge in [0.2, 0.25) is 0 Å². The second-order valence-electron chi connectivity index (χ2n) is 26.0. The Balaban J connectivity index is 0.000000101. The van der Waals surface area contributed by atoms with Crippen molar-refractivity contribution in [1.82, 2.24) is 44.9 Å². The fourth-order valence-corrected chi connectivity index (χ4v) is 18.7. The molecule has 24 heteroatoms. The fraction of sp³-hybridized carbons (Fsp3) is 0.0222. The highest BCUT2D eigenvalue weighted by Gasteiger charge is 2.21. The molecule has 0 saturated heterocycles. The minimum absolute atomic E-state index is 0.0991. The van der Waals surface area contributed by atoms with Crippen LogP contribution in [0, 0.1) is 13.8 Å². The van der Waals surface area contributed by atoms with Gasteiger partial charge in [0.25, 0.3) is 17.2 Å². The number of hydrogen-bond donors (Lipinski definition) is 8. The summed E-state index contributed by atoms with van der Waals surface area (Å²) in [5.74, 6) is 0.628. The third-order valence-corrected chi connectivity index (χ3v) is 25.5. The van der Waals surface area contributed by atoms with Gasteiger partial charge in [0.1, 0.15) is 20.6 Å². The molecule has 0 amide bonds. The first-order chi connectivity index (χ1) is 55.7. The number of pyridine rings is 2. The van der Waals surface area contributed by atoms with Crippen molar-refractivity contribution < 1.29 is 19.7 Å². The molecule has 12 N–H and O–H groups in total. The van der Waals surface area contributed by atoms with Gasteiger partial charge in [-0.3, -0.25) is 32.1 Å². The molecular formula is C90H66Cl2N13O4S5+3. The molecule has 0 unspecified atom stereocenters. The molecule has 114 heavy (non-hydrogen) atoms. The number of rotatable bonds is 4. The highest BCUT2D eigenvalue weighted by Crippen LogP contribution is 2.50. The van der Waals surface area contributed by atoms with Gasteiger partial charge < -0.3 is 24.4 Å². The number of aromatic amines is 4. The van der Waals surface area contributed by atoms with Gasteiger partial charge in [0.15, 0.2) is 5.65 Å². The molecule has 0 spiro atoms. The first-order valence-electron chi connectivity index (χ1n) is 35.6. The maximum atomic E-state index is 11.4. The predicted molar refractivity (Wildman–Crippen MR) is 481 cm³/mol. The SMILES string of the molecule is C1=CSC(=C2SC=CS2)S1.Cc1c2ccncc2c(C)c2c1[nH]c1ccccc12.Clc1cc2nc3[nH]c4ccccc4c3nc2cc1Cl.NC(=[NH2+])c1ccc(-c2cc3ccc(C(N)=[NH2+])cc3[nH]2)cc1.O=c1[nH]cnc2c1sc1ncccc12.O=c1ccc2ccccc2o1.c1ccc(-c2c3ccccc3[o+]c3ccccc23)cc1. The number of H-pyrrole nitrogens is 4. The number of fused-ring (bicyclic) bond motifs is 15. The van der Waals surface area contributed by atoms with Crippen molar-refractivity contribution in [3.05, 3.63) is 351 Å². The number of aryl methyl sites for hydroxylation is 2. The largest absolute Gasteiger partial charge is 0.423 e. The minimum Gasteiger partial charge on any atom is -0.423 e. The zero-order chi connectivity index (χ0) is 78.3. The van der Waals surface area contributed by atoms with E-state index in [1.165, 1.54) is 87.0 Å². The lowest BCUT2D eigenvalue weighted by Gasteiger charge is -2.08. The lowest BCUT2D eigenvalue weighted by Crippen LogP contribution is -2.46. The molecule has 556 valence electrons. The fourth-order valence-electron chi connectivity index (χ4n) is 13.4. The van der Waals surface area contributed by atoms with Crippen molar-refractivity contribution in [3.8, 4) is 22.4 Å². The summed E-state index contributed by atoms with van der Waals surface area (Å²) < 4.78 is 14.4. The number of nitrogens with two attached hydrogens (primary N) is 4. The van der Waals surface area contributed by atoms with Crippen LogP contribution in [-0.2, 0) is 0 Å². The monoisotopic (exact) mass is 1620 g/mol. The number of halogens is 2. The van der Waals surface area contributed by atoms with Crippen LogP contribution in [0.4, 0.5) is 0 Å². The van der Waals surface area contributed by atoms with Gasteiger partial charge in [-0.25, -0.2) is 29.1 Å². The Morgan fingerprint density at radius 1 is 0.491 bits per heavy atom. The Morgan fingerprint density at radius 2 is 1.09 bits per heavy atom. The summed E-state index contributed by atoms with van der Waals surface area (Å²) in [5.41, 5.74) is 30.3. The van der Waals surface area contributed by atoms with Crippen molar-refractivity contribution >= 4 is 223 Å². The number of aromatic nitrogens is 9. The smallest absolute Gasteiger partial charge is 0.361 e. The van der Waals surface area contributed by atoms with Crippen LogP contribution in [0.2, 0.25) is 10.0 Å². The van der Waals surface area contributed by atoms with Gasteiger partial charge in [0, 0.05) is 102 Å². The normalized spacial score (nSPS) is 12.2. The molecule has 12 heterocycles. The Morgan fingerprint density at radius 3 is 1.78 bits per heavy atom. The van der Waals surface area contributed by atoms with Gasteiger partial charge in [0.05, 0.1) is 68.8 Å². The first kappa shape index (κ1) is 75.4. The van der Waals surface area contributed by atoms with E-state index in [4.69, 9.17) is 54.3 Å². The van der Waals surface area contributed by atoms with Crippen molar-refractivity contribution in [2.45, 2.75) is 13.8 Å². The van der Waals surface area contributed by atoms with Gasteiger partial charge in [-0.1, -0.05) is 198 Å². The summed E-state index contributed by atoms with van der Waals surface area (Å²) in [6.07, 6.45) is 6.97. The summed E-state index contributed by atoms with van der Waals surface area (Å²) in [6.45, 7) is 4.37. The molecular weight excluding hydrogens is 1560 g/mol. The van der Waals surface area contributed by atoms with Crippen LogP contribution < -0.4 is 33.5 Å². The molecule has 0 radical (unpaired) electrons. The Kier molecular flexibility index (Phi) is 22.3. The molecule has 0 saturated carbocycles. The van der Waals surface area contributed by atoms with Crippen molar-refractivity contribution in [1.29, 1.82) is 0 Å². The summed E-state index contributed by atoms with van der Waals surface area (Å²) >= 11 is 20.7. The van der Waals surface area contributed by atoms with Gasteiger partial charge in [-0.15, -0.1) is 11.3 Å². The lowest BCUT2D eigenvalue weighted by molar-refractivity contribution is -0.115. The predicted octanol–water partition coefficient (Wildman–Crippen LogP) is 20.7. The lowest BCUT2D eigenvalue weighted by atomic mass is 9.97. The molecule has 10 aromatic carbocycles. The topological polar surface area (TPSA) is 289 Å². The van der Waals surface area contributed by atoms with Crippen molar-refractivity contribution in [2.24, 2.45) is 11.5 Å². The molecule has 22 rings (SSSR count). The van der Waals surface area contributed by atoms with E-state index in [-0.39, 0.29) is 11.2 Å². The third kappa shape index (κ3) is 16.1. The van der Waals surface area contributed by atoms with Crippen molar-refractivity contribution in [2.75, 3.05) is 0 Å². The van der Waals surface area contributed by atoms with E-state index in [0.717, 1.165) is 109 Å². The van der Waals surface area contributed by atoms with Crippen LogP contribution in [-0.4, -0.2) is 56.5 Å². The second kappa shape index (κ2) is 33.7. The van der Waals surface area contributed by atoms with Crippen molar-refractivity contribution in [3.63, 3.8) is 0 Å². The zero-order valence-electron chi connectivity index (χ0n) is 60.7. The van der Waals surface area contributed by atoms with E-state index in [2.05, 4.69) is 165 Å². The van der Waals surface area contributed by atoms with Crippen LogP contribution in [0.5, 0.6) is 0 Å². The van der Waals surface area contributed by atoms with E-state index < -0.39 is 0 Å². The number of amidine groups is 2. The third-order valence-electron chi connectivity index (χ3n) is 18.8. The maximum Gasteiger partial charge on any atom is 0.361 e. The number of benzene rings is 10. The number of thiophene rings is 1. The second-order valence-corrected chi connectivity index (χ2v) is 32.0.